The molecule has 0 fully saturated rings. The second kappa shape index (κ2) is 9.54. The Kier molecular flexibility index (Phi) is 9.13. The van der Waals surface area contributed by atoms with Gasteiger partial charge in [-0.25, -0.2) is 4.39 Å². The zero-order valence-electron chi connectivity index (χ0n) is 8.96. The molecule has 1 aromatic rings. The Morgan fingerprint density at radius 3 is 2.69 bits per heavy atom. The van der Waals surface area contributed by atoms with Crippen LogP contribution >= 0.6 is 0 Å². The molecule has 0 radical (unpaired) electrons. The van der Waals surface area contributed by atoms with Crippen molar-refractivity contribution in [1.29, 1.82) is 0 Å². The van der Waals surface area contributed by atoms with E-state index in [1.54, 1.807) is 12.1 Å². The van der Waals surface area contributed by atoms with Gasteiger partial charge in [0.05, 0.1) is 19.8 Å². The summed E-state index contributed by atoms with van der Waals surface area (Å²) in [6.45, 7) is 2.05. The molecule has 0 aliphatic heterocycles. The molecular formula is C11H16ClFNO2-. The minimum atomic E-state index is -0.193. The van der Waals surface area contributed by atoms with Crippen LogP contribution in [0.25, 0.3) is 0 Å². The lowest BCUT2D eigenvalue weighted by Gasteiger charge is -2.06. The van der Waals surface area contributed by atoms with Gasteiger partial charge in [0.2, 0.25) is 0 Å². The minimum absolute atomic E-state index is 0. The Hall–Kier alpha value is -0.680. The maximum absolute atomic E-state index is 13.1. The summed E-state index contributed by atoms with van der Waals surface area (Å²) in [7, 11) is 0. The molecule has 5 heteroatoms. The first kappa shape index (κ1) is 15.3. The first-order chi connectivity index (χ1) is 7.34. The zero-order valence-corrected chi connectivity index (χ0v) is 9.71. The smallest absolute Gasteiger partial charge is 0.127 e. The molecule has 92 valence electrons. The highest BCUT2D eigenvalue weighted by molar-refractivity contribution is 5.16. The summed E-state index contributed by atoms with van der Waals surface area (Å²) in [4.78, 5) is 0. The average molecular weight is 249 g/mol. The highest BCUT2D eigenvalue weighted by Gasteiger charge is 1.98. The van der Waals surface area contributed by atoms with E-state index >= 15 is 0 Å². The molecular weight excluding hydrogens is 233 g/mol. The predicted molar refractivity (Wildman–Crippen MR) is 56.0 cm³/mol. The molecule has 0 bridgehead atoms. The maximum atomic E-state index is 13.1. The normalized spacial score (nSPS) is 9.88. The van der Waals surface area contributed by atoms with Crippen molar-refractivity contribution in [3.05, 3.63) is 35.6 Å². The summed E-state index contributed by atoms with van der Waals surface area (Å²) in [5.74, 6) is -0.193. The standard InChI is InChI=1S/C11H16FNO2.ClH/c12-11-4-2-1-3-10(11)9-13-5-7-15-8-6-14;/h1-4,13-14H,5-9H2;1H/p-1. The van der Waals surface area contributed by atoms with Crippen LogP contribution in [0.2, 0.25) is 0 Å². The fourth-order valence-corrected chi connectivity index (χ4v) is 1.18. The van der Waals surface area contributed by atoms with Crippen LogP contribution in [-0.2, 0) is 11.3 Å². The molecule has 0 heterocycles. The largest absolute Gasteiger partial charge is 1.00 e. The molecule has 2 N–H and O–H groups in total. The van der Waals surface area contributed by atoms with Gasteiger partial charge in [0.1, 0.15) is 5.82 Å². The molecule has 0 amide bonds. The summed E-state index contributed by atoms with van der Waals surface area (Å²) >= 11 is 0. The van der Waals surface area contributed by atoms with E-state index < -0.39 is 0 Å². The van der Waals surface area contributed by atoms with E-state index in [0.717, 1.165) is 0 Å². The van der Waals surface area contributed by atoms with Gasteiger partial charge in [0, 0.05) is 18.7 Å². The Bertz CT molecular complexity index is 286. The van der Waals surface area contributed by atoms with Crippen LogP contribution in [0.15, 0.2) is 24.3 Å². The van der Waals surface area contributed by atoms with Crippen molar-refractivity contribution >= 4 is 0 Å². The lowest BCUT2D eigenvalue weighted by Crippen LogP contribution is -3.00. The maximum Gasteiger partial charge on any atom is 0.127 e. The average Bonchev–Trinajstić information content (AvgIpc) is 2.25. The van der Waals surface area contributed by atoms with E-state index in [1.165, 1.54) is 6.07 Å². The van der Waals surface area contributed by atoms with E-state index in [-0.39, 0.29) is 24.8 Å². The number of hydrogen-bond acceptors (Lipinski definition) is 3. The van der Waals surface area contributed by atoms with E-state index in [2.05, 4.69) is 5.32 Å². The molecule has 0 spiro atoms. The minimum Gasteiger partial charge on any atom is -1.00 e. The summed E-state index contributed by atoms with van der Waals surface area (Å²) in [5.41, 5.74) is 0.652. The number of halogens is 2. The van der Waals surface area contributed by atoms with Crippen LogP contribution in [0.3, 0.4) is 0 Å². The van der Waals surface area contributed by atoms with Gasteiger partial charge in [0.15, 0.2) is 0 Å². The molecule has 0 aromatic heterocycles. The molecule has 0 aliphatic carbocycles. The van der Waals surface area contributed by atoms with Crippen molar-refractivity contribution in [3.8, 4) is 0 Å². The number of rotatable bonds is 7. The quantitative estimate of drug-likeness (QED) is 0.545. The number of hydrogen-bond donors (Lipinski definition) is 2. The second-order valence-corrected chi connectivity index (χ2v) is 3.10. The van der Waals surface area contributed by atoms with Gasteiger partial charge in [-0.1, -0.05) is 18.2 Å². The highest BCUT2D eigenvalue weighted by Crippen LogP contribution is 2.04. The van der Waals surface area contributed by atoms with E-state index in [0.29, 0.717) is 31.9 Å². The fraction of sp³-hybridized carbons (Fsp3) is 0.455. The monoisotopic (exact) mass is 248 g/mol. The van der Waals surface area contributed by atoms with E-state index in [4.69, 9.17) is 9.84 Å². The van der Waals surface area contributed by atoms with E-state index in [9.17, 15) is 4.39 Å². The third-order valence-corrected chi connectivity index (χ3v) is 1.93. The van der Waals surface area contributed by atoms with Crippen LogP contribution in [0.1, 0.15) is 5.56 Å². The van der Waals surface area contributed by atoms with Crippen molar-refractivity contribution < 1.29 is 26.6 Å². The Morgan fingerprint density at radius 1 is 1.25 bits per heavy atom. The number of aliphatic hydroxyl groups excluding tert-OH is 1. The Labute approximate surface area is 101 Å². The summed E-state index contributed by atoms with van der Waals surface area (Å²) < 4.78 is 18.2. The van der Waals surface area contributed by atoms with Gasteiger partial charge in [0.25, 0.3) is 0 Å². The lowest BCUT2D eigenvalue weighted by atomic mass is 10.2. The molecule has 1 aromatic carbocycles. The van der Waals surface area contributed by atoms with Gasteiger partial charge in [-0.3, -0.25) is 0 Å². The molecule has 0 aliphatic rings. The second-order valence-electron chi connectivity index (χ2n) is 3.10. The van der Waals surface area contributed by atoms with Crippen LogP contribution < -0.4 is 17.7 Å². The summed E-state index contributed by atoms with van der Waals surface area (Å²) in [6.07, 6.45) is 0. The molecule has 3 nitrogen and oxygen atoms in total. The van der Waals surface area contributed by atoms with Crippen LogP contribution in [0.4, 0.5) is 4.39 Å². The Morgan fingerprint density at radius 2 is 2.00 bits per heavy atom. The molecule has 0 unspecified atom stereocenters. The van der Waals surface area contributed by atoms with Crippen molar-refractivity contribution in [2.24, 2.45) is 0 Å². The van der Waals surface area contributed by atoms with Crippen LogP contribution in [0, 0.1) is 5.82 Å². The predicted octanol–water partition coefficient (Wildman–Crippen LogP) is -2.07. The topological polar surface area (TPSA) is 41.5 Å². The van der Waals surface area contributed by atoms with Gasteiger partial charge in [-0.15, -0.1) is 0 Å². The zero-order chi connectivity index (χ0) is 10.9. The number of aliphatic hydroxyl groups is 1. The molecule has 0 saturated heterocycles. The van der Waals surface area contributed by atoms with Crippen molar-refractivity contribution in [2.75, 3.05) is 26.4 Å². The van der Waals surface area contributed by atoms with Gasteiger partial charge < -0.3 is 27.6 Å². The first-order valence-corrected chi connectivity index (χ1v) is 4.97. The fourth-order valence-electron chi connectivity index (χ4n) is 1.18. The number of nitrogens with one attached hydrogen (secondary N) is 1. The van der Waals surface area contributed by atoms with Crippen molar-refractivity contribution in [1.82, 2.24) is 5.32 Å². The lowest BCUT2D eigenvalue weighted by molar-refractivity contribution is -0.00000489. The van der Waals surface area contributed by atoms with Crippen LogP contribution in [-0.4, -0.2) is 31.5 Å². The number of ether oxygens (including phenoxy) is 1. The Balaban J connectivity index is 0.00000225. The van der Waals surface area contributed by atoms with Crippen LogP contribution in [0.5, 0.6) is 0 Å². The summed E-state index contributed by atoms with van der Waals surface area (Å²) in [6, 6.07) is 6.67. The van der Waals surface area contributed by atoms with Crippen molar-refractivity contribution in [2.45, 2.75) is 6.54 Å². The first-order valence-electron chi connectivity index (χ1n) is 4.97. The molecule has 0 atom stereocenters. The SMILES string of the molecule is OCCOCCNCc1ccccc1F.[Cl-]. The third kappa shape index (κ3) is 6.02. The van der Waals surface area contributed by atoms with Crippen molar-refractivity contribution in [3.63, 3.8) is 0 Å². The molecule has 0 saturated carbocycles. The van der Waals surface area contributed by atoms with Gasteiger partial charge in [-0.2, -0.15) is 0 Å². The molecule has 1 rings (SSSR count). The van der Waals surface area contributed by atoms with Gasteiger partial charge >= 0.3 is 0 Å². The third-order valence-electron chi connectivity index (χ3n) is 1.93. The number of benzene rings is 1. The highest BCUT2D eigenvalue weighted by atomic mass is 35.5. The van der Waals surface area contributed by atoms with E-state index in [1.807, 2.05) is 6.07 Å². The summed E-state index contributed by atoms with van der Waals surface area (Å²) in [5, 5.41) is 11.5. The van der Waals surface area contributed by atoms with Gasteiger partial charge in [-0.05, 0) is 6.07 Å². The molecule has 16 heavy (non-hydrogen) atoms.